The van der Waals surface area contributed by atoms with Gasteiger partial charge in [-0.1, -0.05) is 12.1 Å². The van der Waals surface area contributed by atoms with Gasteiger partial charge in [-0.15, -0.1) is 0 Å². The van der Waals surface area contributed by atoms with Crippen molar-refractivity contribution in [1.29, 1.82) is 0 Å². The number of ether oxygens (including phenoxy) is 5. The molecule has 1 amide bonds. The Labute approximate surface area is 169 Å². The SMILES string of the molecule is CCOCCOC(=O)c1ccc(OCC(=O)Nc2ccccc2OC)c(OC)c1. The van der Waals surface area contributed by atoms with Crippen LogP contribution in [0.4, 0.5) is 5.69 Å². The van der Waals surface area contributed by atoms with E-state index in [2.05, 4.69) is 5.32 Å². The molecule has 0 fully saturated rings. The molecule has 2 aromatic rings. The van der Waals surface area contributed by atoms with E-state index in [4.69, 9.17) is 23.7 Å². The van der Waals surface area contributed by atoms with Gasteiger partial charge in [0.25, 0.3) is 5.91 Å². The van der Waals surface area contributed by atoms with E-state index in [1.807, 2.05) is 6.92 Å². The molecule has 0 heterocycles. The first kappa shape index (κ1) is 22.0. The van der Waals surface area contributed by atoms with Gasteiger partial charge in [0.2, 0.25) is 0 Å². The summed E-state index contributed by atoms with van der Waals surface area (Å²) in [7, 11) is 2.97. The zero-order valence-corrected chi connectivity index (χ0v) is 16.7. The number of nitrogens with one attached hydrogen (secondary N) is 1. The van der Waals surface area contributed by atoms with E-state index in [0.29, 0.717) is 41.7 Å². The maximum absolute atomic E-state index is 12.2. The van der Waals surface area contributed by atoms with Crippen LogP contribution in [-0.2, 0) is 14.3 Å². The van der Waals surface area contributed by atoms with Crippen molar-refractivity contribution >= 4 is 17.6 Å². The Kier molecular flexibility index (Phi) is 8.78. The molecule has 8 heteroatoms. The highest BCUT2D eigenvalue weighted by atomic mass is 16.6. The smallest absolute Gasteiger partial charge is 0.338 e. The van der Waals surface area contributed by atoms with Gasteiger partial charge in [-0.2, -0.15) is 0 Å². The third-order valence-corrected chi connectivity index (χ3v) is 3.80. The van der Waals surface area contributed by atoms with E-state index in [-0.39, 0.29) is 19.1 Å². The van der Waals surface area contributed by atoms with Gasteiger partial charge in [-0.25, -0.2) is 4.79 Å². The topological polar surface area (TPSA) is 92.3 Å². The van der Waals surface area contributed by atoms with Crippen molar-refractivity contribution in [2.24, 2.45) is 0 Å². The third kappa shape index (κ3) is 6.69. The summed E-state index contributed by atoms with van der Waals surface area (Å²) in [4.78, 5) is 24.2. The summed E-state index contributed by atoms with van der Waals surface area (Å²) in [6.07, 6.45) is 0. The number of amides is 1. The first-order chi connectivity index (χ1) is 14.1. The molecule has 29 heavy (non-hydrogen) atoms. The molecule has 2 aromatic carbocycles. The Balaban J connectivity index is 1.94. The minimum Gasteiger partial charge on any atom is -0.495 e. The number of benzene rings is 2. The lowest BCUT2D eigenvalue weighted by Crippen LogP contribution is -2.20. The number of para-hydroxylation sites is 2. The van der Waals surface area contributed by atoms with Gasteiger partial charge < -0.3 is 29.0 Å². The summed E-state index contributed by atoms with van der Waals surface area (Å²) in [5.74, 6) is 0.327. The maximum atomic E-state index is 12.2. The highest BCUT2D eigenvalue weighted by Gasteiger charge is 2.14. The fourth-order valence-corrected chi connectivity index (χ4v) is 2.41. The van der Waals surface area contributed by atoms with Crippen molar-refractivity contribution in [1.82, 2.24) is 0 Å². The number of carbonyl (C=O) groups excluding carboxylic acids is 2. The van der Waals surface area contributed by atoms with Crippen LogP contribution in [-0.4, -0.2) is 52.5 Å². The van der Waals surface area contributed by atoms with Gasteiger partial charge in [0.15, 0.2) is 18.1 Å². The third-order valence-electron chi connectivity index (χ3n) is 3.80. The average molecular weight is 403 g/mol. The second kappa shape index (κ2) is 11.6. The molecule has 0 saturated heterocycles. The van der Waals surface area contributed by atoms with Crippen LogP contribution in [0.5, 0.6) is 17.2 Å². The zero-order valence-electron chi connectivity index (χ0n) is 16.7. The maximum Gasteiger partial charge on any atom is 0.338 e. The van der Waals surface area contributed by atoms with Crippen molar-refractivity contribution in [3.05, 3.63) is 48.0 Å². The molecule has 0 aliphatic carbocycles. The van der Waals surface area contributed by atoms with E-state index in [1.165, 1.54) is 20.3 Å². The molecular formula is C21H25NO7. The van der Waals surface area contributed by atoms with E-state index < -0.39 is 5.97 Å². The Bertz CT molecular complexity index is 822. The highest BCUT2D eigenvalue weighted by molar-refractivity contribution is 5.93. The summed E-state index contributed by atoms with van der Waals surface area (Å²) in [5, 5.41) is 2.72. The number of esters is 1. The van der Waals surface area contributed by atoms with E-state index in [1.54, 1.807) is 36.4 Å². The van der Waals surface area contributed by atoms with Crippen molar-refractivity contribution in [2.45, 2.75) is 6.92 Å². The Morgan fingerprint density at radius 2 is 1.69 bits per heavy atom. The fourth-order valence-electron chi connectivity index (χ4n) is 2.41. The van der Waals surface area contributed by atoms with Crippen LogP contribution < -0.4 is 19.5 Å². The molecule has 2 rings (SSSR count). The predicted octanol–water partition coefficient (Wildman–Crippen LogP) is 2.91. The Morgan fingerprint density at radius 3 is 2.41 bits per heavy atom. The van der Waals surface area contributed by atoms with Gasteiger partial charge in [-0.3, -0.25) is 4.79 Å². The normalized spacial score (nSPS) is 10.2. The number of hydrogen-bond donors (Lipinski definition) is 1. The van der Waals surface area contributed by atoms with Gasteiger partial charge in [0.05, 0.1) is 32.1 Å². The van der Waals surface area contributed by atoms with E-state index >= 15 is 0 Å². The molecule has 1 N–H and O–H groups in total. The summed E-state index contributed by atoms with van der Waals surface area (Å²) < 4.78 is 26.2. The Morgan fingerprint density at radius 1 is 0.931 bits per heavy atom. The minimum atomic E-state index is -0.497. The highest BCUT2D eigenvalue weighted by Crippen LogP contribution is 2.28. The van der Waals surface area contributed by atoms with Crippen molar-refractivity contribution in [3.63, 3.8) is 0 Å². The van der Waals surface area contributed by atoms with Gasteiger partial charge in [-0.05, 0) is 37.3 Å². The standard InChI is InChI=1S/C21H25NO7/c1-4-27-11-12-28-21(24)15-9-10-18(19(13-15)26-3)29-14-20(23)22-16-7-5-6-8-17(16)25-2/h5-10,13H,4,11-12,14H2,1-3H3,(H,22,23). The van der Waals surface area contributed by atoms with Gasteiger partial charge >= 0.3 is 5.97 Å². The van der Waals surface area contributed by atoms with Crippen LogP contribution in [0, 0.1) is 0 Å². The molecule has 0 aliphatic rings. The number of hydrogen-bond acceptors (Lipinski definition) is 7. The number of rotatable bonds is 11. The number of anilines is 1. The fraction of sp³-hybridized carbons (Fsp3) is 0.333. The quantitative estimate of drug-likeness (QED) is 0.455. The zero-order chi connectivity index (χ0) is 21.1. The lowest BCUT2D eigenvalue weighted by molar-refractivity contribution is -0.118. The molecule has 0 saturated carbocycles. The summed E-state index contributed by atoms with van der Waals surface area (Å²) in [6, 6.07) is 11.6. The molecule has 0 bridgehead atoms. The molecule has 0 radical (unpaired) electrons. The minimum absolute atomic E-state index is 0.163. The van der Waals surface area contributed by atoms with Crippen LogP contribution in [0.15, 0.2) is 42.5 Å². The molecule has 0 unspecified atom stereocenters. The molecule has 0 aliphatic heterocycles. The lowest BCUT2D eigenvalue weighted by Gasteiger charge is -2.13. The summed E-state index contributed by atoms with van der Waals surface area (Å²) >= 11 is 0. The van der Waals surface area contributed by atoms with Crippen LogP contribution in [0.25, 0.3) is 0 Å². The monoisotopic (exact) mass is 403 g/mol. The molecule has 0 atom stereocenters. The van der Waals surface area contributed by atoms with Crippen molar-refractivity contribution in [2.75, 3.05) is 46.0 Å². The second-order valence-electron chi connectivity index (χ2n) is 5.74. The van der Waals surface area contributed by atoms with Crippen LogP contribution in [0.3, 0.4) is 0 Å². The van der Waals surface area contributed by atoms with E-state index in [0.717, 1.165) is 0 Å². The summed E-state index contributed by atoms with van der Waals surface area (Å²) in [5.41, 5.74) is 0.852. The van der Waals surface area contributed by atoms with Gasteiger partial charge in [0.1, 0.15) is 12.4 Å². The molecule has 0 aromatic heterocycles. The lowest BCUT2D eigenvalue weighted by atomic mass is 10.2. The first-order valence-electron chi connectivity index (χ1n) is 9.07. The summed E-state index contributed by atoms with van der Waals surface area (Å²) in [6.45, 7) is 2.68. The number of carbonyl (C=O) groups is 2. The molecule has 0 spiro atoms. The molecule has 8 nitrogen and oxygen atoms in total. The van der Waals surface area contributed by atoms with Crippen molar-refractivity contribution in [3.8, 4) is 17.2 Å². The van der Waals surface area contributed by atoms with E-state index in [9.17, 15) is 9.59 Å². The number of methoxy groups -OCH3 is 2. The second-order valence-corrected chi connectivity index (χ2v) is 5.74. The molecular weight excluding hydrogens is 378 g/mol. The van der Waals surface area contributed by atoms with Crippen LogP contribution >= 0.6 is 0 Å². The van der Waals surface area contributed by atoms with Crippen LogP contribution in [0.2, 0.25) is 0 Å². The molecule has 156 valence electrons. The van der Waals surface area contributed by atoms with Crippen molar-refractivity contribution < 1.29 is 33.3 Å². The predicted molar refractivity (Wildman–Crippen MR) is 107 cm³/mol. The largest absolute Gasteiger partial charge is 0.495 e. The average Bonchev–Trinajstić information content (AvgIpc) is 2.75. The first-order valence-corrected chi connectivity index (χ1v) is 9.07. The Hall–Kier alpha value is -3.26. The van der Waals surface area contributed by atoms with Gasteiger partial charge in [0, 0.05) is 6.61 Å². The van der Waals surface area contributed by atoms with Crippen LogP contribution in [0.1, 0.15) is 17.3 Å².